The number of thioether (sulfide) groups is 1. The Morgan fingerprint density at radius 3 is 2.46 bits per heavy atom. The van der Waals surface area contributed by atoms with Crippen LogP contribution < -0.4 is 5.14 Å². The lowest BCUT2D eigenvalue weighted by Crippen LogP contribution is -2.45. The summed E-state index contributed by atoms with van der Waals surface area (Å²) in [6.45, 7) is 4.70. The van der Waals surface area contributed by atoms with Crippen LogP contribution in [0.1, 0.15) is 25.3 Å². The maximum absolute atomic E-state index is 13.5. The van der Waals surface area contributed by atoms with Gasteiger partial charge in [-0.15, -0.1) is 11.8 Å². The number of morpholine rings is 1. The van der Waals surface area contributed by atoms with Crippen LogP contribution in [0.4, 0.5) is 13.2 Å². The second kappa shape index (κ2) is 12.5. The zero-order valence-electron chi connectivity index (χ0n) is 20.4. The molecule has 37 heavy (non-hydrogen) atoms. The van der Waals surface area contributed by atoms with Crippen molar-refractivity contribution in [3.63, 3.8) is 0 Å². The van der Waals surface area contributed by atoms with Gasteiger partial charge in [-0.2, -0.15) is 13.2 Å². The van der Waals surface area contributed by atoms with Crippen molar-refractivity contribution in [1.29, 1.82) is 0 Å². The van der Waals surface area contributed by atoms with E-state index < -0.39 is 35.2 Å². The number of benzene rings is 2. The summed E-state index contributed by atoms with van der Waals surface area (Å²) in [5.41, 5.74) is -5.67. The van der Waals surface area contributed by atoms with E-state index in [0.29, 0.717) is 38.0 Å². The smallest absolute Gasteiger partial charge is 0.378 e. The molecule has 1 aliphatic rings. The number of rotatable bonds is 11. The minimum absolute atomic E-state index is 0.0243. The lowest BCUT2D eigenvalue weighted by molar-refractivity contribution is -0.0436. The van der Waals surface area contributed by atoms with E-state index in [9.17, 15) is 30.0 Å². The Labute approximate surface area is 220 Å². The molecule has 7 nitrogen and oxygen atoms in total. The number of alkyl halides is 3. The molecule has 0 unspecified atom stereocenters. The van der Waals surface area contributed by atoms with Crippen molar-refractivity contribution in [2.24, 2.45) is 11.1 Å². The molecule has 2 atom stereocenters. The van der Waals surface area contributed by atoms with E-state index in [1.54, 1.807) is 0 Å². The fourth-order valence-electron chi connectivity index (χ4n) is 4.25. The molecule has 2 aromatic rings. The van der Waals surface area contributed by atoms with Gasteiger partial charge in [0.15, 0.2) is 0 Å². The van der Waals surface area contributed by atoms with Crippen molar-refractivity contribution in [2.75, 3.05) is 32.1 Å². The summed E-state index contributed by atoms with van der Waals surface area (Å²) < 4.78 is 94.5. The molecule has 1 saturated heterocycles. The van der Waals surface area contributed by atoms with Gasteiger partial charge in [0.2, 0.25) is 10.0 Å². The van der Waals surface area contributed by atoms with Crippen LogP contribution in [0.5, 0.6) is 0 Å². The standard InChI is InChI=1S/C24H31F3N2O5S3/c1-2-20-16-34-13-12-29(20)11-10-18(17-35-21-6-4-3-5-7-21)14-19-8-9-22(37(28,32)33)15-23(19)36(30,31)24(25,26)27/h3-9,15,18,20H,2,10-14,16-17H2,1H3,(H2,28,32,33)/t18-,20-/m0/s1. The van der Waals surface area contributed by atoms with Crippen LogP contribution >= 0.6 is 11.8 Å². The molecule has 206 valence electrons. The number of halogens is 3. The van der Waals surface area contributed by atoms with E-state index >= 15 is 0 Å². The minimum atomic E-state index is -5.80. The summed E-state index contributed by atoms with van der Waals surface area (Å²) >= 11 is 1.54. The molecule has 0 bridgehead atoms. The van der Waals surface area contributed by atoms with E-state index in [4.69, 9.17) is 9.88 Å². The van der Waals surface area contributed by atoms with Crippen LogP contribution in [0.2, 0.25) is 0 Å². The first-order valence-corrected chi connectivity index (χ1v) is 15.8. The molecule has 1 heterocycles. The highest BCUT2D eigenvalue weighted by atomic mass is 32.2. The van der Waals surface area contributed by atoms with E-state index in [2.05, 4.69) is 11.8 Å². The molecule has 2 N–H and O–H groups in total. The van der Waals surface area contributed by atoms with Gasteiger partial charge in [0.25, 0.3) is 9.84 Å². The highest BCUT2D eigenvalue weighted by Crippen LogP contribution is 2.35. The molecule has 13 heteroatoms. The molecule has 2 aromatic carbocycles. The summed E-state index contributed by atoms with van der Waals surface area (Å²) in [4.78, 5) is 1.52. The van der Waals surface area contributed by atoms with E-state index in [1.807, 2.05) is 30.3 Å². The predicted octanol–water partition coefficient (Wildman–Crippen LogP) is 4.08. The molecule has 0 radical (unpaired) electrons. The van der Waals surface area contributed by atoms with Crippen LogP contribution in [-0.4, -0.2) is 65.3 Å². The molecule has 3 rings (SSSR count). The Hall–Kier alpha value is -1.64. The molecule has 1 aliphatic heterocycles. The zero-order valence-corrected chi connectivity index (χ0v) is 22.8. The largest absolute Gasteiger partial charge is 0.501 e. The molecule has 0 amide bonds. The van der Waals surface area contributed by atoms with Crippen LogP contribution in [0.3, 0.4) is 0 Å². The quantitative estimate of drug-likeness (QED) is 0.399. The van der Waals surface area contributed by atoms with Gasteiger partial charge in [-0.1, -0.05) is 31.2 Å². The summed E-state index contributed by atoms with van der Waals surface area (Å²) in [5.74, 6) is 0.348. The summed E-state index contributed by atoms with van der Waals surface area (Å²) in [6.07, 6.45) is 1.53. The molecule has 0 spiro atoms. The highest BCUT2D eigenvalue weighted by molar-refractivity contribution is 7.99. The molecule has 1 fully saturated rings. The van der Waals surface area contributed by atoms with E-state index in [0.717, 1.165) is 30.0 Å². The number of hydrogen-bond acceptors (Lipinski definition) is 7. The number of nitrogens with two attached hydrogens (primary N) is 1. The first-order chi connectivity index (χ1) is 17.3. The molecule has 0 saturated carbocycles. The number of sulfone groups is 1. The van der Waals surface area contributed by atoms with Crippen molar-refractivity contribution in [2.45, 2.75) is 52.4 Å². The van der Waals surface area contributed by atoms with Crippen molar-refractivity contribution >= 4 is 31.6 Å². The van der Waals surface area contributed by atoms with E-state index in [1.165, 1.54) is 11.8 Å². The zero-order chi connectivity index (χ0) is 27.3. The van der Waals surface area contributed by atoms with Crippen LogP contribution in [-0.2, 0) is 31.0 Å². The Morgan fingerprint density at radius 2 is 1.84 bits per heavy atom. The summed E-state index contributed by atoms with van der Waals surface area (Å²) in [5, 5.41) is 5.07. The lowest BCUT2D eigenvalue weighted by Gasteiger charge is -2.36. The number of nitrogens with zero attached hydrogens (tertiary/aromatic N) is 1. The monoisotopic (exact) mass is 580 g/mol. The average Bonchev–Trinajstić information content (AvgIpc) is 2.85. The SMILES string of the molecule is CC[C@H]1COCCN1CC[C@H](CSc1ccccc1)Cc1ccc(S(N)(=O)=O)cc1S(=O)(=O)C(F)(F)F. The second-order valence-electron chi connectivity index (χ2n) is 8.92. The normalized spacial score (nSPS) is 18.6. The fraction of sp³-hybridized carbons (Fsp3) is 0.500. The van der Waals surface area contributed by atoms with Crippen LogP contribution in [0.15, 0.2) is 63.2 Å². The fourth-order valence-corrected chi connectivity index (χ4v) is 6.95. The maximum Gasteiger partial charge on any atom is 0.501 e. The second-order valence-corrected chi connectivity index (χ2v) is 13.5. The lowest BCUT2D eigenvalue weighted by atomic mass is 9.97. The Morgan fingerprint density at radius 1 is 1.14 bits per heavy atom. The molecule has 0 aliphatic carbocycles. The van der Waals surface area contributed by atoms with Gasteiger partial charge in [0.1, 0.15) is 0 Å². The van der Waals surface area contributed by atoms with Gasteiger partial charge in [0.05, 0.1) is 23.0 Å². The topological polar surface area (TPSA) is 107 Å². The Bertz CT molecular complexity index is 1260. The van der Waals surface area contributed by atoms with Crippen molar-refractivity contribution in [3.05, 3.63) is 54.1 Å². The van der Waals surface area contributed by atoms with Gasteiger partial charge in [-0.3, -0.25) is 4.90 Å². The van der Waals surface area contributed by atoms with Gasteiger partial charge >= 0.3 is 5.51 Å². The van der Waals surface area contributed by atoms with Crippen molar-refractivity contribution in [1.82, 2.24) is 4.90 Å². The van der Waals surface area contributed by atoms with Crippen molar-refractivity contribution in [3.8, 4) is 0 Å². The first-order valence-electron chi connectivity index (χ1n) is 11.8. The third-order valence-electron chi connectivity index (χ3n) is 6.34. The molecular weight excluding hydrogens is 549 g/mol. The summed E-state index contributed by atoms with van der Waals surface area (Å²) in [6, 6.07) is 12.4. The minimum Gasteiger partial charge on any atom is -0.378 e. The maximum atomic E-state index is 13.5. The number of hydrogen-bond donors (Lipinski definition) is 1. The highest BCUT2D eigenvalue weighted by Gasteiger charge is 2.48. The first kappa shape index (κ1) is 29.9. The van der Waals surface area contributed by atoms with Gasteiger partial charge < -0.3 is 4.74 Å². The molecular formula is C24H31F3N2O5S3. The van der Waals surface area contributed by atoms with E-state index in [-0.39, 0.29) is 23.9 Å². The van der Waals surface area contributed by atoms with Crippen LogP contribution in [0, 0.1) is 5.92 Å². The van der Waals surface area contributed by atoms with Gasteiger partial charge in [-0.25, -0.2) is 22.0 Å². The summed E-state index contributed by atoms with van der Waals surface area (Å²) in [7, 11) is -10.2. The van der Waals surface area contributed by atoms with Crippen LogP contribution in [0.25, 0.3) is 0 Å². The third kappa shape index (κ3) is 7.93. The third-order valence-corrected chi connectivity index (χ3v) is 10.1. The average molecular weight is 581 g/mol. The van der Waals surface area contributed by atoms with Gasteiger partial charge in [-0.05, 0) is 61.6 Å². The Kier molecular flexibility index (Phi) is 10.1. The Balaban J connectivity index is 1.92. The number of primary sulfonamides is 1. The van der Waals surface area contributed by atoms with Gasteiger partial charge in [0, 0.05) is 23.2 Å². The number of sulfonamides is 1. The van der Waals surface area contributed by atoms with Crippen molar-refractivity contribution < 1.29 is 34.7 Å². The number of ether oxygens (including phenoxy) is 1. The molecule has 0 aromatic heterocycles. The predicted molar refractivity (Wildman–Crippen MR) is 137 cm³/mol.